The van der Waals surface area contributed by atoms with Gasteiger partial charge in [-0.1, -0.05) is 12.7 Å². The molecule has 1 saturated carbocycles. The summed E-state index contributed by atoms with van der Waals surface area (Å²) in [4.78, 5) is 23.5. The van der Waals surface area contributed by atoms with E-state index < -0.39 is 17.6 Å². The Balaban J connectivity index is 1.47. The normalized spacial score (nSPS) is 23.8. The Morgan fingerprint density at radius 3 is 2.79 bits per heavy atom. The molecule has 5 heterocycles. The number of aromatic amines is 1. The summed E-state index contributed by atoms with van der Waals surface area (Å²) in [5, 5.41) is 13.2. The number of hydrogen-bond donors (Lipinski definition) is 4. The Kier molecular flexibility index (Phi) is 4.87. The van der Waals surface area contributed by atoms with E-state index in [2.05, 4.69) is 26.8 Å². The number of pyridine rings is 1. The van der Waals surface area contributed by atoms with E-state index >= 15 is 4.39 Å². The number of allylic oxidation sites excluding steroid dienone is 5. The number of nitrogens with one attached hydrogen (secondary N) is 2. The monoisotopic (exact) mass is 528 g/mol. The number of aliphatic carboxylic acids is 1. The molecule has 3 aromatic rings. The Labute approximate surface area is 222 Å². The lowest BCUT2D eigenvalue weighted by Gasteiger charge is -2.31. The van der Waals surface area contributed by atoms with Crippen LogP contribution >= 0.6 is 0 Å². The lowest BCUT2D eigenvalue weighted by molar-refractivity contribution is -0.132. The van der Waals surface area contributed by atoms with Crippen LogP contribution in [0.1, 0.15) is 18.4 Å². The first-order valence-corrected chi connectivity index (χ1v) is 12.8. The number of anilines is 2. The number of halogens is 2. The van der Waals surface area contributed by atoms with Gasteiger partial charge < -0.3 is 30.9 Å². The number of hydrogen-bond acceptors (Lipinski definition) is 6. The van der Waals surface area contributed by atoms with Gasteiger partial charge in [0.05, 0.1) is 38.9 Å². The van der Waals surface area contributed by atoms with Crippen LogP contribution in [0.25, 0.3) is 27.5 Å². The predicted molar refractivity (Wildman–Crippen MR) is 147 cm³/mol. The van der Waals surface area contributed by atoms with Crippen LogP contribution in [0.5, 0.6) is 0 Å². The Hall–Kier alpha value is -4.44. The molecule has 5 N–H and O–H groups in total. The summed E-state index contributed by atoms with van der Waals surface area (Å²) in [6, 6.07) is 1.26. The highest BCUT2D eigenvalue weighted by molar-refractivity contribution is 6.17. The quantitative estimate of drug-likeness (QED) is 0.392. The van der Waals surface area contributed by atoms with Crippen molar-refractivity contribution in [3.63, 3.8) is 0 Å². The zero-order valence-electron chi connectivity index (χ0n) is 21.2. The highest BCUT2D eigenvalue weighted by Crippen LogP contribution is 2.54. The topological polar surface area (TPSA) is 111 Å². The Morgan fingerprint density at radius 1 is 1.31 bits per heavy atom. The molecule has 3 aliphatic heterocycles. The van der Waals surface area contributed by atoms with Gasteiger partial charge in [0.15, 0.2) is 11.6 Å². The lowest BCUT2D eigenvalue weighted by Crippen LogP contribution is -2.25. The molecule has 8 nitrogen and oxygen atoms in total. The minimum atomic E-state index is -1.07. The van der Waals surface area contributed by atoms with Gasteiger partial charge in [-0.05, 0) is 31.1 Å². The summed E-state index contributed by atoms with van der Waals surface area (Å²) in [5.41, 5.74) is 11.1. The molecule has 7 rings (SSSR count). The highest BCUT2D eigenvalue weighted by atomic mass is 19.2. The van der Waals surface area contributed by atoms with E-state index in [0.717, 1.165) is 41.4 Å². The van der Waals surface area contributed by atoms with Gasteiger partial charge in [-0.2, -0.15) is 0 Å². The fourth-order valence-corrected chi connectivity index (χ4v) is 6.24. The maximum atomic E-state index is 15.5. The predicted octanol–water partition coefficient (Wildman–Crippen LogP) is 4.60. The maximum Gasteiger partial charge on any atom is 0.337 e. The summed E-state index contributed by atoms with van der Waals surface area (Å²) in [7, 11) is 1.66. The van der Waals surface area contributed by atoms with Crippen LogP contribution in [0.15, 0.2) is 66.3 Å². The largest absolute Gasteiger partial charge is 0.478 e. The fraction of sp³-hybridized carbons (Fsp3) is 0.241. The first-order chi connectivity index (χ1) is 18.7. The highest BCUT2D eigenvalue weighted by Gasteiger charge is 2.56. The van der Waals surface area contributed by atoms with E-state index in [1.807, 2.05) is 18.4 Å². The van der Waals surface area contributed by atoms with Crippen molar-refractivity contribution in [2.45, 2.75) is 18.9 Å². The van der Waals surface area contributed by atoms with Gasteiger partial charge in [0.25, 0.3) is 0 Å². The maximum absolute atomic E-state index is 15.5. The number of nitrogens with zero attached hydrogens (tertiary/aromatic N) is 3. The molecular weight excluding hydrogens is 502 g/mol. The van der Waals surface area contributed by atoms with Crippen molar-refractivity contribution in [1.82, 2.24) is 14.9 Å². The molecule has 1 saturated heterocycles. The number of carboxylic acid groups (broad SMARTS) is 1. The number of fused-ring (bicyclic) bond motifs is 4. The van der Waals surface area contributed by atoms with Crippen LogP contribution in [0.2, 0.25) is 0 Å². The van der Waals surface area contributed by atoms with Gasteiger partial charge in [-0.3, -0.25) is 0 Å². The van der Waals surface area contributed by atoms with Gasteiger partial charge in [0.1, 0.15) is 5.65 Å². The molecule has 198 valence electrons. The molecule has 2 aromatic heterocycles. The average molecular weight is 529 g/mol. The van der Waals surface area contributed by atoms with Crippen molar-refractivity contribution < 1.29 is 18.7 Å². The van der Waals surface area contributed by atoms with Crippen LogP contribution in [0, 0.1) is 17.0 Å². The summed E-state index contributed by atoms with van der Waals surface area (Å²) < 4.78 is 30.3. The SMILES string of the molecule is C=C1C(C(=O)O)=CC=C2C=CC(c3cnc4[nH]c5c(NC)cc(F)c(F)c5c4c3N3CC[C@@]4(C[C@@H]4N)C3)=CN12. The standard InChI is InChI=1S/C29H26F2N6O2/c1-14-17(28(38)39)6-5-16-4-3-15(12-37(14)16)18-11-34-27-23(26(18)36-8-7-29(13-36)10-21(29)32)22-24(31)19(30)9-20(33-2)25(22)35-27/h3-6,9,11-12,21,33H,1,7-8,10,13,32H2,2H3,(H,34,35)(H,38,39)/t21-,29+/m0/s1. The summed E-state index contributed by atoms with van der Waals surface area (Å²) in [5.74, 6) is -2.95. The fourth-order valence-electron chi connectivity index (χ4n) is 6.24. The minimum Gasteiger partial charge on any atom is -0.478 e. The number of benzene rings is 1. The van der Waals surface area contributed by atoms with Crippen LogP contribution < -0.4 is 16.0 Å². The molecular formula is C29H26F2N6O2. The molecule has 1 aromatic carbocycles. The molecule has 1 spiro atoms. The van der Waals surface area contributed by atoms with Crippen molar-refractivity contribution in [1.29, 1.82) is 0 Å². The summed E-state index contributed by atoms with van der Waals surface area (Å²) in [6.07, 6.45) is 12.4. The first-order valence-electron chi connectivity index (χ1n) is 12.8. The molecule has 1 aliphatic carbocycles. The molecule has 0 radical (unpaired) electrons. The van der Waals surface area contributed by atoms with Gasteiger partial charge >= 0.3 is 5.97 Å². The van der Waals surface area contributed by atoms with Gasteiger partial charge in [0, 0.05) is 66.9 Å². The molecule has 0 amide bonds. The van der Waals surface area contributed by atoms with Gasteiger partial charge in [-0.15, -0.1) is 0 Å². The van der Waals surface area contributed by atoms with Crippen LogP contribution in [-0.4, -0.2) is 52.1 Å². The first kappa shape index (κ1) is 23.7. The lowest BCUT2D eigenvalue weighted by atomic mass is 9.97. The number of nitrogens with two attached hydrogens (primary N) is 1. The van der Waals surface area contributed by atoms with Crippen molar-refractivity contribution in [3.05, 3.63) is 83.5 Å². The van der Waals surface area contributed by atoms with Crippen molar-refractivity contribution >= 4 is 44.9 Å². The number of rotatable bonds is 4. The van der Waals surface area contributed by atoms with Crippen molar-refractivity contribution in [3.8, 4) is 0 Å². The molecule has 10 heteroatoms. The minimum absolute atomic E-state index is 0.0218. The third-order valence-corrected chi connectivity index (χ3v) is 8.53. The number of carboxylic acids is 1. The summed E-state index contributed by atoms with van der Waals surface area (Å²) >= 11 is 0. The van der Waals surface area contributed by atoms with Crippen LogP contribution in [-0.2, 0) is 4.79 Å². The second-order valence-electron chi connectivity index (χ2n) is 10.6. The van der Waals surface area contributed by atoms with E-state index in [-0.39, 0.29) is 22.4 Å². The summed E-state index contributed by atoms with van der Waals surface area (Å²) in [6.45, 7) is 5.42. The smallest absolute Gasteiger partial charge is 0.337 e. The van der Waals surface area contributed by atoms with E-state index in [9.17, 15) is 14.3 Å². The zero-order chi connectivity index (χ0) is 27.2. The van der Waals surface area contributed by atoms with E-state index in [1.165, 1.54) is 6.08 Å². The molecule has 2 fully saturated rings. The molecule has 39 heavy (non-hydrogen) atoms. The average Bonchev–Trinajstić information content (AvgIpc) is 3.23. The Morgan fingerprint density at radius 2 is 2.10 bits per heavy atom. The number of aromatic nitrogens is 2. The third kappa shape index (κ3) is 3.31. The van der Waals surface area contributed by atoms with Crippen LogP contribution in [0.3, 0.4) is 0 Å². The zero-order valence-corrected chi connectivity index (χ0v) is 21.2. The van der Waals surface area contributed by atoms with Crippen LogP contribution in [0.4, 0.5) is 20.2 Å². The van der Waals surface area contributed by atoms with Crippen molar-refractivity contribution in [2.24, 2.45) is 11.1 Å². The second kappa shape index (κ2) is 8.03. The molecule has 2 atom stereocenters. The molecule has 4 aliphatic rings. The van der Waals surface area contributed by atoms with E-state index in [1.54, 1.807) is 24.2 Å². The van der Waals surface area contributed by atoms with Gasteiger partial charge in [0.2, 0.25) is 0 Å². The van der Waals surface area contributed by atoms with Crippen molar-refractivity contribution in [2.75, 3.05) is 30.4 Å². The van der Waals surface area contributed by atoms with E-state index in [4.69, 9.17) is 5.73 Å². The molecule has 0 bridgehead atoms. The number of H-pyrrole nitrogens is 1. The van der Waals surface area contributed by atoms with Gasteiger partial charge in [-0.25, -0.2) is 18.6 Å². The Bertz CT molecular complexity index is 1770. The number of carbonyl (C=O) groups is 1. The molecule has 0 unspecified atom stereocenters. The van der Waals surface area contributed by atoms with E-state index in [0.29, 0.717) is 41.0 Å². The third-order valence-electron chi connectivity index (χ3n) is 8.53. The second-order valence-corrected chi connectivity index (χ2v) is 10.6.